The van der Waals surface area contributed by atoms with Gasteiger partial charge in [0, 0.05) is 10.7 Å². The summed E-state index contributed by atoms with van der Waals surface area (Å²) < 4.78 is 32.1. The Hall–Kier alpha value is -1.96. The number of anilines is 1. The van der Waals surface area contributed by atoms with Crippen molar-refractivity contribution >= 4 is 44.8 Å². The number of amides is 1. The molecule has 23 heavy (non-hydrogen) atoms. The normalized spacial score (nSPS) is 11.0. The summed E-state index contributed by atoms with van der Waals surface area (Å²) in [7, 11) is -3.89. The zero-order valence-electron chi connectivity index (χ0n) is 11.6. The predicted molar refractivity (Wildman–Crippen MR) is 88.4 cm³/mol. The highest BCUT2D eigenvalue weighted by atomic mass is 35.5. The van der Waals surface area contributed by atoms with Gasteiger partial charge in [-0.1, -0.05) is 23.2 Å². The molecule has 0 unspecified atom stereocenters. The molecule has 0 aliphatic rings. The van der Waals surface area contributed by atoms with E-state index in [1.54, 1.807) is 0 Å². The summed E-state index contributed by atoms with van der Waals surface area (Å²) in [5, 5.41) is 0.313. The minimum Gasteiger partial charge on any atom is -0.484 e. The fraction of sp³-hybridized carbons (Fsp3) is 0.0714. The molecule has 2 aromatic carbocycles. The Bertz CT molecular complexity index is 823. The molecule has 0 radical (unpaired) electrons. The third kappa shape index (κ3) is 4.75. The van der Waals surface area contributed by atoms with Crippen LogP contribution in [-0.4, -0.2) is 20.9 Å². The highest BCUT2D eigenvalue weighted by Gasteiger charge is 2.18. The molecule has 2 rings (SSSR count). The lowest BCUT2D eigenvalue weighted by Gasteiger charge is -2.10. The van der Waals surface area contributed by atoms with Crippen LogP contribution in [0.4, 0.5) is 5.69 Å². The largest absolute Gasteiger partial charge is 0.484 e. The van der Waals surface area contributed by atoms with E-state index in [2.05, 4.69) is 4.72 Å². The Morgan fingerprint density at radius 2 is 1.78 bits per heavy atom. The van der Waals surface area contributed by atoms with E-state index >= 15 is 0 Å². The maximum absolute atomic E-state index is 12.3. The maximum atomic E-state index is 12.3. The van der Waals surface area contributed by atoms with Crippen molar-refractivity contribution in [2.75, 3.05) is 11.3 Å². The van der Waals surface area contributed by atoms with E-state index < -0.39 is 15.9 Å². The van der Waals surface area contributed by atoms with Crippen LogP contribution in [0, 0.1) is 0 Å². The van der Waals surface area contributed by atoms with Gasteiger partial charge in [-0.05, 0) is 42.5 Å². The standard InChI is InChI=1S/C14H12Cl2N2O4S/c15-9-1-6-12(16)13(7-9)23(20,21)18-10-2-4-11(5-3-10)22-8-14(17)19/h1-7,18H,8H2,(H2,17,19). The number of ether oxygens (including phenoxy) is 1. The van der Waals surface area contributed by atoms with Crippen LogP contribution < -0.4 is 15.2 Å². The molecule has 0 spiro atoms. The lowest BCUT2D eigenvalue weighted by atomic mass is 10.3. The van der Waals surface area contributed by atoms with E-state index in [0.717, 1.165) is 0 Å². The minimum absolute atomic E-state index is 0.0586. The lowest BCUT2D eigenvalue weighted by Crippen LogP contribution is -2.20. The molecule has 0 heterocycles. The number of halogens is 2. The average molecular weight is 375 g/mol. The molecule has 2 aromatic rings. The predicted octanol–water partition coefficient (Wildman–Crippen LogP) is 2.66. The number of hydrogen-bond acceptors (Lipinski definition) is 4. The highest BCUT2D eigenvalue weighted by molar-refractivity contribution is 7.92. The molecule has 0 aliphatic heterocycles. The van der Waals surface area contributed by atoms with Gasteiger partial charge in [0.15, 0.2) is 6.61 Å². The van der Waals surface area contributed by atoms with Crippen molar-refractivity contribution in [3.8, 4) is 5.75 Å². The number of nitrogens with two attached hydrogens (primary N) is 1. The second kappa shape index (κ2) is 7.08. The molecule has 9 heteroatoms. The number of hydrogen-bond donors (Lipinski definition) is 2. The molecular formula is C14H12Cl2N2O4S. The fourth-order valence-electron chi connectivity index (χ4n) is 1.67. The van der Waals surface area contributed by atoms with Crippen molar-refractivity contribution in [3.05, 3.63) is 52.5 Å². The molecule has 0 fully saturated rings. The van der Waals surface area contributed by atoms with Crippen molar-refractivity contribution in [2.45, 2.75) is 4.90 Å². The Labute approximate surface area is 143 Å². The van der Waals surface area contributed by atoms with Crippen molar-refractivity contribution in [1.82, 2.24) is 0 Å². The number of carbonyl (C=O) groups excluding carboxylic acids is 1. The van der Waals surface area contributed by atoms with Crippen LogP contribution in [-0.2, 0) is 14.8 Å². The third-order valence-corrected chi connectivity index (χ3v) is 4.77. The lowest BCUT2D eigenvalue weighted by molar-refractivity contribution is -0.119. The Morgan fingerprint density at radius 3 is 2.39 bits per heavy atom. The summed E-state index contributed by atoms with van der Waals surface area (Å²) in [6.07, 6.45) is 0. The maximum Gasteiger partial charge on any atom is 0.263 e. The van der Waals surface area contributed by atoms with Crippen LogP contribution in [0.1, 0.15) is 0 Å². The van der Waals surface area contributed by atoms with Crippen LogP contribution >= 0.6 is 23.2 Å². The van der Waals surface area contributed by atoms with Crippen LogP contribution in [0.25, 0.3) is 0 Å². The molecule has 1 amide bonds. The molecule has 0 atom stereocenters. The van der Waals surface area contributed by atoms with E-state index in [1.807, 2.05) is 0 Å². The van der Waals surface area contributed by atoms with E-state index in [0.29, 0.717) is 11.4 Å². The molecule has 0 saturated carbocycles. The van der Waals surface area contributed by atoms with Crippen LogP contribution in [0.3, 0.4) is 0 Å². The van der Waals surface area contributed by atoms with Gasteiger partial charge >= 0.3 is 0 Å². The first-order valence-electron chi connectivity index (χ1n) is 6.27. The second-order valence-corrected chi connectivity index (χ2v) is 6.95. The van der Waals surface area contributed by atoms with Gasteiger partial charge < -0.3 is 10.5 Å². The third-order valence-electron chi connectivity index (χ3n) is 2.67. The topological polar surface area (TPSA) is 98.5 Å². The SMILES string of the molecule is NC(=O)COc1ccc(NS(=O)(=O)c2cc(Cl)ccc2Cl)cc1. The van der Waals surface area contributed by atoms with Crippen LogP contribution in [0.15, 0.2) is 47.4 Å². The monoisotopic (exact) mass is 374 g/mol. The van der Waals surface area contributed by atoms with Gasteiger partial charge in [0.05, 0.1) is 5.02 Å². The first-order chi connectivity index (χ1) is 10.8. The first kappa shape index (κ1) is 17.4. The smallest absolute Gasteiger partial charge is 0.263 e. The fourth-order valence-corrected chi connectivity index (χ4v) is 3.49. The van der Waals surface area contributed by atoms with Crippen molar-refractivity contribution in [3.63, 3.8) is 0 Å². The Kier molecular flexibility index (Phi) is 5.35. The number of benzene rings is 2. The summed E-state index contributed by atoms with van der Waals surface area (Å²) in [5.74, 6) is -0.224. The van der Waals surface area contributed by atoms with E-state index in [-0.39, 0.29) is 21.5 Å². The van der Waals surface area contributed by atoms with E-state index in [4.69, 9.17) is 33.7 Å². The highest BCUT2D eigenvalue weighted by Crippen LogP contribution is 2.27. The van der Waals surface area contributed by atoms with Gasteiger partial charge in [-0.15, -0.1) is 0 Å². The number of nitrogens with one attached hydrogen (secondary N) is 1. The van der Waals surface area contributed by atoms with Gasteiger partial charge in [-0.2, -0.15) is 0 Å². The summed E-state index contributed by atoms with van der Waals surface area (Å²) in [5.41, 5.74) is 5.26. The number of primary amides is 1. The quantitative estimate of drug-likeness (QED) is 0.811. The zero-order chi connectivity index (χ0) is 17.0. The van der Waals surface area contributed by atoms with Gasteiger partial charge in [-0.3, -0.25) is 9.52 Å². The molecular weight excluding hydrogens is 363 g/mol. The Morgan fingerprint density at radius 1 is 1.13 bits per heavy atom. The van der Waals surface area contributed by atoms with Gasteiger partial charge in [0.25, 0.3) is 15.9 Å². The van der Waals surface area contributed by atoms with Crippen molar-refractivity contribution < 1.29 is 17.9 Å². The van der Waals surface area contributed by atoms with Crippen molar-refractivity contribution in [1.29, 1.82) is 0 Å². The number of sulfonamides is 1. The molecule has 0 saturated heterocycles. The molecule has 6 nitrogen and oxygen atoms in total. The summed E-state index contributed by atoms with van der Waals surface area (Å²) >= 11 is 11.7. The molecule has 3 N–H and O–H groups in total. The Balaban J connectivity index is 2.17. The summed E-state index contributed by atoms with van der Waals surface area (Å²) in [6.45, 7) is -0.261. The minimum atomic E-state index is -3.89. The molecule has 122 valence electrons. The molecule has 0 aliphatic carbocycles. The second-order valence-electron chi connectivity index (χ2n) is 4.46. The zero-order valence-corrected chi connectivity index (χ0v) is 14.0. The van der Waals surface area contributed by atoms with Crippen molar-refractivity contribution in [2.24, 2.45) is 5.73 Å². The number of carbonyl (C=O) groups is 1. The summed E-state index contributed by atoms with van der Waals surface area (Å²) in [6, 6.07) is 10.1. The molecule has 0 aromatic heterocycles. The van der Waals surface area contributed by atoms with E-state index in [1.165, 1.54) is 42.5 Å². The van der Waals surface area contributed by atoms with Gasteiger partial charge in [0.1, 0.15) is 10.6 Å². The van der Waals surface area contributed by atoms with Crippen LogP contribution in [0.5, 0.6) is 5.75 Å². The van der Waals surface area contributed by atoms with Gasteiger partial charge in [-0.25, -0.2) is 8.42 Å². The van der Waals surface area contributed by atoms with Gasteiger partial charge in [0.2, 0.25) is 0 Å². The summed E-state index contributed by atoms with van der Waals surface area (Å²) in [4.78, 5) is 10.5. The van der Waals surface area contributed by atoms with Crippen LogP contribution in [0.2, 0.25) is 10.0 Å². The van der Waals surface area contributed by atoms with E-state index in [9.17, 15) is 13.2 Å². The molecule has 0 bridgehead atoms. The average Bonchev–Trinajstić information content (AvgIpc) is 2.48. The number of rotatable bonds is 6. The first-order valence-corrected chi connectivity index (χ1v) is 8.51.